The SMILES string of the molecule is CCCC1CC1NCC(C)(C)C1CCCNC1. The van der Waals surface area contributed by atoms with Gasteiger partial charge in [-0.1, -0.05) is 27.2 Å². The lowest BCUT2D eigenvalue weighted by molar-refractivity contribution is 0.165. The van der Waals surface area contributed by atoms with Crippen molar-refractivity contribution in [2.75, 3.05) is 19.6 Å². The average molecular weight is 238 g/mol. The van der Waals surface area contributed by atoms with Crippen LogP contribution in [0, 0.1) is 17.3 Å². The van der Waals surface area contributed by atoms with Crippen LogP contribution in [0.15, 0.2) is 0 Å². The first-order chi connectivity index (χ1) is 8.13. The Labute approximate surface area is 107 Å². The molecule has 1 heterocycles. The molecule has 2 N–H and O–H groups in total. The second-order valence-corrected chi connectivity index (χ2v) is 6.80. The topological polar surface area (TPSA) is 24.1 Å². The molecule has 0 aromatic carbocycles. The summed E-state index contributed by atoms with van der Waals surface area (Å²) in [5.74, 6) is 1.84. The van der Waals surface area contributed by atoms with Crippen molar-refractivity contribution >= 4 is 0 Å². The highest BCUT2D eigenvalue weighted by Crippen LogP contribution is 2.37. The van der Waals surface area contributed by atoms with Crippen LogP contribution in [0.4, 0.5) is 0 Å². The number of nitrogens with one attached hydrogen (secondary N) is 2. The Morgan fingerprint density at radius 1 is 1.35 bits per heavy atom. The summed E-state index contributed by atoms with van der Waals surface area (Å²) in [6, 6.07) is 0.839. The summed E-state index contributed by atoms with van der Waals surface area (Å²) >= 11 is 0. The highest BCUT2D eigenvalue weighted by atomic mass is 15.0. The van der Waals surface area contributed by atoms with Crippen molar-refractivity contribution in [3.63, 3.8) is 0 Å². The number of rotatable bonds is 6. The van der Waals surface area contributed by atoms with Crippen molar-refractivity contribution in [1.29, 1.82) is 0 Å². The molecule has 0 spiro atoms. The van der Waals surface area contributed by atoms with E-state index in [4.69, 9.17) is 0 Å². The molecule has 0 bridgehead atoms. The van der Waals surface area contributed by atoms with Crippen molar-refractivity contribution in [1.82, 2.24) is 10.6 Å². The molecule has 1 saturated carbocycles. The molecule has 0 radical (unpaired) electrons. The predicted octanol–water partition coefficient (Wildman–Crippen LogP) is 2.79. The summed E-state index contributed by atoms with van der Waals surface area (Å²) in [5, 5.41) is 7.35. The Morgan fingerprint density at radius 2 is 2.18 bits per heavy atom. The Hall–Kier alpha value is -0.0800. The normalized spacial score (nSPS) is 33.7. The minimum atomic E-state index is 0.451. The zero-order valence-electron chi connectivity index (χ0n) is 11.9. The predicted molar refractivity (Wildman–Crippen MR) is 74.2 cm³/mol. The van der Waals surface area contributed by atoms with Crippen molar-refractivity contribution < 1.29 is 0 Å². The standard InChI is InChI=1S/C15H30N2/c1-4-6-12-9-14(12)17-11-15(2,3)13-7-5-8-16-10-13/h12-14,16-17H,4-11H2,1-3H3. The zero-order chi connectivity index (χ0) is 12.3. The van der Waals surface area contributed by atoms with Crippen LogP contribution in [0.1, 0.15) is 52.9 Å². The first kappa shape index (κ1) is 13.4. The summed E-state index contributed by atoms with van der Waals surface area (Å²) in [7, 11) is 0. The quantitative estimate of drug-likeness (QED) is 0.743. The molecule has 2 fully saturated rings. The van der Waals surface area contributed by atoms with Crippen LogP contribution in [-0.4, -0.2) is 25.7 Å². The van der Waals surface area contributed by atoms with Gasteiger partial charge in [-0.25, -0.2) is 0 Å². The monoisotopic (exact) mass is 238 g/mol. The number of hydrogen-bond donors (Lipinski definition) is 2. The van der Waals surface area contributed by atoms with Crippen molar-refractivity contribution in [2.24, 2.45) is 17.3 Å². The lowest BCUT2D eigenvalue weighted by Crippen LogP contribution is -2.44. The van der Waals surface area contributed by atoms with Gasteiger partial charge >= 0.3 is 0 Å². The second kappa shape index (κ2) is 5.71. The minimum Gasteiger partial charge on any atom is -0.316 e. The zero-order valence-corrected chi connectivity index (χ0v) is 11.9. The second-order valence-electron chi connectivity index (χ2n) is 6.80. The summed E-state index contributed by atoms with van der Waals surface area (Å²) in [4.78, 5) is 0. The first-order valence-corrected chi connectivity index (χ1v) is 7.57. The largest absolute Gasteiger partial charge is 0.316 e. The molecular weight excluding hydrogens is 208 g/mol. The van der Waals surface area contributed by atoms with Gasteiger partial charge in [-0.15, -0.1) is 0 Å². The molecule has 2 rings (SSSR count). The fraction of sp³-hybridized carbons (Fsp3) is 1.00. The van der Waals surface area contributed by atoms with Crippen LogP contribution in [0.25, 0.3) is 0 Å². The van der Waals surface area contributed by atoms with Gasteiger partial charge in [-0.3, -0.25) is 0 Å². The summed E-state index contributed by atoms with van der Waals surface area (Å²) in [6.45, 7) is 10.8. The van der Waals surface area contributed by atoms with Gasteiger partial charge in [0, 0.05) is 12.6 Å². The first-order valence-electron chi connectivity index (χ1n) is 7.57. The molecule has 17 heavy (non-hydrogen) atoms. The molecule has 0 aromatic heterocycles. The average Bonchev–Trinajstić information content (AvgIpc) is 3.07. The van der Waals surface area contributed by atoms with E-state index < -0.39 is 0 Å². The van der Waals surface area contributed by atoms with E-state index in [0.29, 0.717) is 5.41 Å². The number of hydrogen-bond acceptors (Lipinski definition) is 2. The maximum absolute atomic E-state index is 3.80. The van der Waals surface area contributed by atoms with E-state index >= 15 is 0 Å². The minimum absolute atomic E-state index is 0.451. The van der Waals surface area contributed by atoms with E-state index in [9.17, 15) is 0 Å². The van der Waals surface area contributed by atoms with E-state index in [1.807, 2.05) is 0 Å². The van der Waals surface area contributed by atoms with Crippen LogP contribution in [-0.2, 0) is 0 Å². The van der Waals surface area contributed by atoms with Crippen molar-refractivity contribution in [3.05, 3.63) is 0 Å². The van der Waals surface area contributed by atoms with E-state index in [0.717, 1.165) is 17.9 Å². The fourth-order valence-corrected chi connectivity index (χ4v) is 3.24. The Balaban J connectivity index is 1.70. The molecule has 1 saturated heterocycles. The summed E-state index contributed by atoms with van der Waals surface area (Å²) in [5.41, 5.74) is 0.451. The Bertz CT molecular complexity index is 231. The van der Waals surface area contributed by atoms with Crippen LogP contribution < -0.4 is 10.6 Å². The van der Waals surface area contributed by atoms with Crippen LogP contribution in [0.2, 0.25) is 0 Å². The van der Waals surface area contributed by atoms with Gasteiger partial charge in [0.15, 0.2) is 0 Å². The van der Waals surface area contributed by atoms with Crippen molar-refractivity contribution in [3.8, 4) is 0 Å². The maximum Gasteiger partial charge on any atom is 0.00993 e. The molecule has 0 aromatic rings. The lowest BCUT2D eigenvalue weighted by Gasteiger charge is -2.37. The van der Waals surface area contributed by atoms with Crippen LogP contribution >= 0.6 is 0 Å². The Morgan fingerprint density at radius 3 is 2.82 bits per heavy atom. The lowest BCUT2D eigenvalue weighted by atomic mass is 9.75. The third-order valence-corrected chi connectivity index (χ3v) is 4.80. The third kappa shape index (κ3) is 3.69. The van der Waals surface area contributed by atoms with Crippen LogP contribution in [0.3, 0.4) is 0 Å². The number of piperidine rings is 1. The maximum atomic E-state index is 3.80. The van der Waals surface area contributed by atoms with E-state index in [1.165, 1.54) is 51.7 Å². The Kier molecular flexibility index (Phi) is 4.48. The molecular formula is C15H30N2. The molecule has 3 unspecified atom stereocenters. The molecule has 2 aliphatic rings. The van der Waals surface area contributed by atoms with Crippen molar-refractivity contribution in [2.45, 2.75) is 58.9 Å². The van der Waals surface area contributed by atoms with Gasteiger partial charge in [0.2, 0.25) is 0 Å². The summed E-state index contributed by atoms with van der Waals surface area (Å²) in [6.07, 6.45) is 6.95. The van der Waals surface area contributed by atoms with Crippen LogP contribution in [0.5, 0.6) is 0 Å². The molecule has 1 aliphatic carbocycles. The van der Waals surface area contributed by atoms with Gasteiger partial charge in [-0.05, 0) is 56.0 Å². The van der Waals surface area contributed by atoms with Gasteiger partial charge in [0.05, 0.1) is 0 Å². The molecule has 2 nitrogen and oxygen atoms in total. The van der Waals surface area contributed by atoms with Gasteiger partial charge < -0.3 is 10.6 Å². The fourth-order valence-electron chi connectivity index (χ4n) is 3.24. The highest BCUT2D eigenvalue weighted by Gasteiger charge is 2.38. The van der Waals surface area contributed by atoms with Gasteiger partial charge in [-0.2, -0.15) is 0 Å². The molecule has 2 heteroatoms. The third-order valence-electron chi connectivity index (χ3n) is 4.80. The van der Waals surface area contributed by atoms with E-state index in [2.05, 4.69) is 31.4 Å². The van der Waals surface area contributed by atoms with E-state index in [-0.39, 0.29) is 0 Å². The van der Waals surface area contributed by atoms with Gasteiger partial charge in [0.1, 0.15) is 0 Å². The molecule has 0 amide bonds. The molecule has 100 valence electrons. The molecule has 3 atom stereocenters. The van der Waals surface area contributed by atoms with Gasteiger partial charge in [0.25, 0.3) is 0 Å². The highest BCUT2D eigenvalue weighted by molar-refractivity contribution is 4.95. The van der Waals surface area contributed by atoms with E-state index in [1.54, 1.807) is 0 Å². The smallest absolute Gasteiger partial charge is 0.00993 e. The summed E-state index contributed by atoms with van der Waals surface area (Å²) < 4.78 is 0. The molecule has 1 aliphatic heterocycles.